The van der Waals surface area contributed by atoms with Crippen molar-refractivity contribution in [1.82, 2.24) is 14.9 Å². The summed E-state index contributed by atoms with van der Waals surface area (Å²) in [6.45, 7) is 17.2. The molecule has 2 saturated heterocycles. The van der Waals surface area contributed by atoms with Crippen molar-refractivity contribution < 1.29 is 9.23 Å². The van der Waals surface area contributed by atoms with Gasteiger partial charge in [-0.2, -0.15) is 5.06 Å². The molecule has 0 radical (unpaired) electrons. The minimum Gasteiger partial charge on any atom is -0.303 e. The van der Waals surface area contributed by atoms with Crippen LogP contribution in [0.2, 0.25) is 0 Å². The summed E-state index contributed by atoms with van der Waals surface area (Å²) in [6.07, 6.45) is 2.80. The second kappa shape index (κ2) is 8.93. The summed E-state index contributed by atoms with van der Waals surface area (Å²) in [5.41, 5.74) is -0.324. The predicted octanol–water partition coefficient (Wildman–Crippen LogP) is 3.39. The Hall–Kier alpha value is -0.230. The van der Waals surface area contributed by atoms with E-state index in [9.17, 15) is 4.39 Å². The van der Waals surface area contributed by atoms with Gasteiger partial charge in [-0.1, -0.05) is 13.8 Å². The number of piperidine rings is 1. The van der Waals surface area contributed by atoms with Crippen molar-refractivity contribution in [1.29, 1.82) is 0 Å². The molecule has 0 bridgehead atoms. The molecule has 2 fully saturated rings. The van der Waals surface area contributed by atoms with Gasteiger partial charge in [-0.15, -0.1) is 0 Å². The number of halogens is 1. The lowest BCUT2D eigenvalue weighted by Crippen LogP contribution is -2.54. The first-order valence-corrected chi connectivity index (χ1v) is 9.77. The Morgan fingerprint density at radius 2 is 1.71 bits per heavy atom. The van der Waals surface area contributed by atoms with Crippen molar-refractivity contribution in [2.45, 2.75) is 65.8 Å². The molecule has 1 atom stereocenters. The van der Waals surface area contributed by atoms with Crippen LogP contribution in [0.4, 0.5) is 4.39 Å². The van der Waals surface area contributed by atoms with Gasteiger partial charge in [-0.05, 0) is 71.5 Å². The summed E-state index contributed by atoms with van der Waals surface area (Å²) < 4.78 is 14.4. The third-order valence-electron chi connectivity index (χ3n) is 5.00. The standard InChI is InChI=1S/C19H38FN3O/c1-16(2)6-9-21-10-7-17(8-11-21)14-22-12-13-23(18(20)15-22)24-19(3,4)5/h16-18H,6-15H2,1-5H3. The Balaban J connectivity index is 1.67. The van der Waals surface area contributed by atoms with E-state index in [2.05, 4.69) is 23.6 Å². The third kappa shape index (κ3) is 6.95. The number of piperazine rings is 1. The molecule has 0 amide bonds. The largest absolute Gasteiger partial charge is 0.303 e. The normalized spacial score (nSPS) is 26.4. The fourth-order valence-electron chi connectivity index (χ4n) is 3.59. The highest BCUT2D eigenvalue weighted by atomic mass is 19.1. The van der Waals surface area contributed by atoms with E-state index in [1.54, 1.807) is 0 Å². The van der Waals surface area contributed by atoms with Gasteiger partial charge in [0.2, 0.25) is 0 Å². The number of hydroxylamine groups is 2. The Morgan fingerprint density at radius 1 is 1.04 bits per heavy atom. The molecule has 0 aromatic carbocycles. The van der Waals surface area contributed by atoms with Crippen LogP contribution in [0, 0.1) is 11.8 Å². The Bertz CT molecular complexity index is 364. The van der Waals surface area contributed by atoms with Gasteiger partial charge in [0.15, 0.2) is 6.30 Å². The Morgan fingerprint density at radius 3 is 2.25 bits per heavy atom. The predicted molar refractivity (Wildman–Crippen MR) is 97.5 cm³/mol. The maximum atomic E-state index is 14.4. The number of likely N-dealkylation sites (tertiary alicyclic amines) is 1. The number of nitrogens with zero attached hydrogens (tertiary/aromatic N) is 3. The van der Waals surface area contributed by atoms with Crippen LogP contribution in [0.1, 0.15) is 53.9 Å². The average molecular weight is 344 g/mol. The molecular weight excluding hydrogens is 305 g/mol. The molecule has 0 aromatic rings. The van der Waals surface area contributed by atoms with Crippen molar-refractivity contribution in [2.24, 2.45) is 11.8 Å². The van der Waals surface area contributed by atoms with Crippen LogP contribution >= 0.6 is 0 Å². The first kappa shape index (κ1) is 20.1. The molecule has 0 aromatic heterocycles. The fourth-order valence-corrected chi connectivity index (χ4v) is 3.59. The molecule has 142 valence electrons. The van der Waals surface area contributed by atoms with Gasteiger partial charge in [-0.25, -0.2) is 4.39 Å². The quantitative estimate of drug-likeness (QED) is 0.688. The molecule has 5 heteroatoms. The van der Waals surface area contributed by atoms with Gasteiger partial charge in [0.1, 0.15) is 0 Å². The monoisotopic (exact) mass is 343 g/mol. The summed E-state index contributed by atoms with van der Waals surface area (Å²) in [6, 6.07) is 0. The van der Waals surface area contributed by atoms with Gasteiger partial charge in [0.05, 0.1) is 5.60 Å². The molecule has 24 heavy (non-hydrogen) atoms. The maximum Gasteiger partial charge on any atom is 0.187 e. The zero-order valence-corrected chi connectivity index (χ0v) is 16.4. The van der Waals surface area contributed by atoms with Crippen molar-refractivity contribution in [3.63, 3.8) is 0 Å². The second-order valence-corrected chi connectivity index (χ2v) is 9.01. The van der Waals surface area contributed by atoms with Crippen molar-refractivity contribution in [2.75, 3.05) is 45.8 Å². The van der Waals surface area contributed by atoms with Crippen molar-refractivity contribution in [3.8, 4) is 0 Å². The van der Waals surface area contributed by atoms with Gasteiger partial charge in [0.25, 0.3) is 0 Å². The van der Waals surface area contributed by atoms with Gasteiger partial charge in [0, 0.05) is 26.2 Å². The first-order chi connectivity index (χ1) is 11.2. The zero-order valence-electron chi connectivity index (χ0n) is 16.4. The number of rotatable bonds is 6. The van der Waals surface area contributed by atoms with Crippen LogP contribution in [0.15, 0.2) is 0 Å². The molecule has 2 aliphatic rings. The maximum absolute atomic E-state index is 14.4. The van der Waals surface area contributed by atoms with Gasteiger partial charge < -0.3 is 4.90 Å². The molecule has 2 aliphatic heterocycles. The highest BCUT2D eigenvalue weighted by molar-refractivity contribution is 4.79. The molecule has 0 aliphatic carbocycles. The minimum absolute atomic E-state index is 0.324. The molecule has 0 N–H and O–H groups in total. The van der Waals surface area contributed by atoms with Crippen molar-refractivity contribution in [3.05, 3.63) is 0 Å². The van der Waals surface area contributed by atoms with Crippen LogP contribution in [-0.2, 0) is 4.84 Å². The Labute approximate surface area is 148 Å². The number of hydrogen-bond donors (Lipinski definition) is 0. The van der Waals surface area contributed by atoms with E-state index in [4.69, 9.17) is 4.84 Å². The van der Waals surface area contributed by atoms with Crippen molar-refractivity contribution >= 4 is 0 Å². The summed E-state index contributed by atoms with van der Waals surface area (Å²) in [5, 5.41) is 1.53. The lowest BCUT2D eigenvalue weighted by molar-refractivity contribution is -0.286. The smallest absolute Gasteiger partial charge is 0.187 e. The van der Waals surface area contributed by atoms with E-state index in [0.29, 0.717) is 13.1 Å². The highest BCUT2D eigenvalue weighted by Crippen LogP contribution is 2.22. The van der Waals surface area contributed by atoms with E-state index in [0.717, 1.165) is 24.9 Å². The van der Waals surface area contributed by atoms with E-state index >= 15 is 0 Å². The van der Waals surface area contributed by atoms with E-state index in [1.165, 1.54) is 44.0 Å². The van der Waals surface area contributed by atoms with Crippen LogP contribution in [0.5, 0.6) is 0 Å². The zero-order chi connectivity index (χ0) is 17.7. The summed E-state index contributed by atoms with van der Waals surface area (Å²) >= 11 is 0. The van der Waals surface area contributed by atoms with E-state index in [1.807, 2.05) is 20.8 Å². The van der Waals surface area contributed by atoms with Crippen LogP contribution < -0.4 is 0 Å². The molecule has 2 heterocycles. The summed E-state index contributed by atoms with van der Waals surface area (Å²) in [5.74, 6) is 1.51. The van der Waals surface area contributed by atoms with Crippen LogP contribution in [-0.4, -0.2) is 72.6 Å². The van der Waals surface area contributed by atoms with E-state index < -0.39 is 6.30 Å². The lowest BCUT2D eigenvalue weighted by atomic mass is 9.95. The molecule has 0 saturated carbocycles. The van der Waals surface area contributed by atoms with Gasteiger partial charge >= 0.3 is 0 Å². The highest BCUT2D eigenvalue weighted by Gasteiger charge is 2.32. The number of hydrogen-bond acceptors (Lipinski definition) is 4. The number of alkyl halides is 1. The second-order valence-electron chi connectivity index (χ2n) is 9.01. The molecule has 2 rings (SSSR count). The van der Waals surface area contributed by atoms with Gasteiger partial charge in [-0.3, -0.25) is 9.74 Å². The fraction of sp³-hybridized carbons (Fsp3) is 1.00. The molecule has 0 spiro atoms. The minimum atomic E-state index is -1.01. The lowest BCUT2D eigenvalue weighted by Gasteiger charge is -2.41. The summed E-state index contributed by atoms with van der Waals surface area (Å²) in [4.78, 5) is 10.6. The third-order valence-corrected chi connectivity index (χ3v) is 5.00. The Kier molecular flexibility index (Phi) is 7.47. The van der Waals surface area contributed by atoms with E-state index in [-0.39, 0.29) is 5.60 Å². The molecular formula is C19H38FN3O. The first-order valence-electron chi connectivity index (χ1n) is 9.77. The molecule has 4 nitrogen and oxygen atoms in total. The SMILES string of the molecule is CC(C)CCN1CCC(CN2CCN(OC(C)(C)C)C(F)C2)CC1. The summed E-state index contributed by atoms with van der Waals surface area (Å²) in [7, 11) is 0. The topological polar surface area (TPSA) is 19.0 Å². The van der Waals surface area contributed by atoms with Crippen LogP contribution in [0.3, 0.4) is 0 Å². The average Bonchev–Trinajstić information content (AvgIpc) is 2.48. The van der Waals surface area contributed by atoms with Crippen LogP contribution in [0.25, 0.3) is 0 Å². The molecule has 1 unspecified atom stereocenters.